The van der Waals surface area contributed by atoms with Crippen molar-refractivity contribution >= 4 is 33.8 Å². The second-order valence-corrected chi connectivity index (χ2v) is 5.65. The molecule has 0 aliphatic heterocycles. The average molecular weight is 258 g/mol. The van der Waals surface area contributed by atoms with Crippen LogP contribution in [0.2, 0.25) is 0 Å². The predicted octanol–water partition coefficient (Wildman–Crippen LogP) is 3.25. The molecule has 0 fully saturated rings. The lowest BCUT2D eigenvalue weighted by Gasteiger charge is -2.01. The summed E-state index contributed by atoms with van der Waals surface area (Å²) in [5.41, 5.74) is 2.72. The van der Waals surface area contributed by atoms with E-state index >= 15 is 0 Å². The van der Waals surface area contributed by atoms with Gasteiger partial charge in [-0.1, -0.05) is 43.8 Å². The van der Waals surface area contributed by atoms with Crippen molar-refractivity contribution < 1.29 is 0 Å². The number of nitrogens with one attached hydrogen (secondary N) is 1. The third-order valence-corrected chi connectivity index (χ3v) is 3.91. The molecule has 1 aromatic carbocycles. The Bertz CT molecular complexity index is 690. The van der Waals surface area contributed by atoms with Gasteiger partial charge in [0.1, 0.15) is 5.52 Å². The van der Waals surface area contributed by atoms with E-state index in [0.29, 0.717) is 5.92 Å². The quantitative estimate of drug-likeness (QED) is 0.733. The SMILES string of the molecule is CC(C)CSc1nnc2c(n1)[nH]c1ccccc12. The molecule has 0 saturated carbocycles. The van der Waals surface area contributed by atoms with Crippen LogP contribution in [0.15, 0.2) is 29.4 Å². The fraction of sp³-hybridized carbons (Fsp3) is 0.308. The molecule has 0 atom stereocenters. The van der Waals surface area contributed by atoms with Gasteiger partial charge in [0.15, 0.2) is 5.65 Å². The molecule has 18 heavy (non-hydrogen) atoms. The zero-order valence-corrected chi connectivity index (χ0v) is 11.2. The van der Waals surface area contributed by atoms with Crippen LogP contribution >= 0.6 is 11.8 Å². The summed E-state index contributed by atoms with van der Waals surface area (Å²) in [5, 5.41) is 10.3. The molecule has 5 heteroatoms. The van der Waals surface area contributed by atoms with Gasteiger partial charge in [0.2, 0.25) is 5.16 Å². The van der Waals surface area contributed by atoms with Gasteiger partial charge in [-0.3, -0.25) is 0 Å². The molecule has 0 aliphatic rings. The molecule has 0 radical (unpaired) electrons. The van der Waals surface area contributed by atoms with Gasteiger partial charge in [0.05, 0.1) is 0 Å². The summed E-state index contributed by atoms with van der Waals surface area (Å²) >= 11 is 1.65. The summed E-state index contributed by atoms with van der Waals surface area (Å²) in [6, 6.07) is 8.06. The van der Waals surface area contributed by atoms with Gasteiger partial charge in [0, 0.05) is 16.7 Å². The number of fused-ring (bicyclic) bond motifs is 3. The zero-order chi connectivity index (χ0) is 12.5. The first-order valence-electron chi connectivity index (χ1n) is 5.98. The topological polar surface area (TPSA) is 54.5 Å². The summed E-state index contributed by atoms with van der Waals surface area (Å²) in [5.74, 6) is 1.63. The van der Waals surface area contributed by atoms with Crippen LogP contribution in [-0.4, -0.2) is 25.9 Å². The van der Waals surface area contributed by atoms with E-state index in [1.165, 1.54) is 0 Å². The van der Waals surface area contributed by atoms with Gasteiger partial charge in [0.25, 0.3) is 0 Å². The summed E-state index contributed by atoms with van der Waals surface area (Å²) in [7, 11) is 0. The first kappa shape index (κ1) is 11.5. The first-order valence-corrected chi connectivity index (χ1v) is 6.96. The number of benzene rings is 1. The summed E-state index contributed by atoms with van der Waals surface area (Å²) in [6.45, 7) is 4.36. The lowest BCUT2D eigenvalue weighted by atomic mass is 10.2. The highest BCUT2D eigenvalue weighted by atomic mass is 32.2. The molecule has 0 aliphatic carbocycles. The minimum Gasteiger partial charge on any atom is -0.338 e. The third-order valence-electron chi connectivity index (χ3n) is 2.65. The van der Waals surface area contributed by atoms with E-state index in [1.807, 2.05) is 24.3 Å². The van der Waals surface area contributed by atoms with Crippen molar-refractivity contribution in [1.82, 2.24) is 20.2 Å². The Morgan fingerprint density at radius 2 is 2.06 bits per heavy atom. The Morgan fingerprint density at radius 1 is 1.22 bits per heavy atom. The molecule has 3 rings (SSSR count). The molecular formula is C13H14N4S. The van der Waals surface area contributed by atoms with Crippen molar-refractivity contribution in [1.29, 1.82) is 0 Å². The number of rotatable bonds is 3. The number of aromatic amines is 1. The fourth-order valence-electron chi connectivity index (χ4n) is 1.81. The van der Waals surface area contributed by atoms with Gasteiger partial charge in [-0.25, -0.2) is 4.98 Å². The van der Waals surface area contributed by atoms with Gasteiger partial charge >= 0.3 is 0 Å². The second-order valence-electron chi connectivity index (χ2n) is 4.67. The fourth-order valence-corrected chi connectivity index (χ4v) is 2.54. The molecule has 1 N–H and O–H groups in total. The van der Waals surface area contributed by atoms with E-state index in [2.05, 4.69) is 34.0 Å². The Morgan fingerprint density at radius 3 is 2.89 bits per heavy atom. The molecule has 4 nitrogen and oxygen atoms in total. The first-order chi connectivity index (χ1) is 8.74. The molecule has 0 saturated heterocycles. The van der Waals surface area contributed by atoms with Crippen molar-refractivity contribution in [2.24, 2.45) is 5.92 Å². The molecule has 0 bridgehead atoms. The minimum absolute atomic E-state index is 0.622. The molecule has 2 aromatic heterocycles. The van der Waals surface area contributed by atoms with Crippen LogP contribution in [0.25, 0.3) is 22.1 Å². The smallest absolute Gasteiger partial charge is 0.211 e. The van der Waals surface area contributed by atoms with Crippen molar-refractivity contribution in [2.45, 2.75) is 19.0 Å². The zero-order valence-electron chi connectivity index (χ0n) is 10.3. The molecule has 2 heterocycles. The van der Waals surface area contributed by atoms with Gasteiger partial charge in [-0.2, -0.15) is 0 Å². The van der Waals surface area contributed by atoms with Gasteiger partial charge in [-0.15, -0.1) is 10.2 Å². The van der Waals surface area contributed by atoms with E-state index in [0.717, 1.165) is 33.0 Å². The highest BCUT2D eigenvalue weighted by Crippen LogP contribution is 2.23. The van der Waals surface area contributed by atoms with E-state index in [4.69, 9.17) is 0 Å². The number of para-hydroxylation sites is 1. The summed E-state index contributed by atoms with van der Waals surface area (Å²) in [4.78, 5) is 7.80. The van der Waals surface area contributed by atoms with Crippen LogP contribution in [-0.2, 0) is 0 Å². The third kappa shape index (κ3) is 2.06. The number of aromatic nitrogens is 4. The van der Waals surface area contributed by atoms with E-state index < -0.39 is 0 Å². The lowest BCUT2D eigenvalue weighted by molar-refractivity contribution is 0.746. The van der Waals surface area contributed by atoms with Crippen LogP contribution in [0, 0.1) is 5.92 Å². The Kier molecular flexibility index (Phi) is 2.91. The second kappa shape index (κ2) is 4.57. The van der Waals surface area contributed by atoms with Crippen molar-refractivity contribution in [3.63, 3.8) is 0 Å². The van der Waals surface area contributed by atoms with Crippen LogP contribution in [0.1, 0.15) is 13.8 Å². The average Bonchev–Trinajstić information content (AvgIpc) is 2.73. The minimum atomic E-state index is 0.622. The number of thioether (sulfide) groups is 1. The van der Waals surface area contributed by atoms with Crippen LogP contribution in [0.4, 0.5) is 0 Å². The van der Waals surface area contributed by atoms with Gasteiger partial charge in [-0.05, 0) is 12.0 Å². The highest BCUT2D eigenvalue weighted by molar-refractivity contribution is 7.99. The Balaban J connectivity index is 2.04. The standard InChI is InChI=1S/C13H14N4S/c1-8(2)7-18-13-15-12-11(16-17-13)9-5-3-4-6-10(9)14-12/h3-6,8H,7H2,1-2H3,(H,14,15,17). The predicted molar refractivity (Wildman–Crippen MR) is 74.8 cm³/mol. The van der Waals surface area contributed by atoms with Crippen LogP contribution in [0.3, 0.4) is 0 Å². The lowest BCUT2D eigenvalue weighted by Crippen LogP contribution is -1.95. The molecule has 3 aromatic rings. The van der Waals surface area contributed by atoms with Crippen molar-refractivity contribution in [2.75, 3.05) is 5.75 Å². The maximum absolute atomic E-state index is 4.52. The van der Waals surface area contributed by atoms with Crippen LogP contribution < -0.4 is 0 Å². The number of hydrogen-bond acceptors (Lipinski definition) is 4. The van der Waals surface area contributed by atoms with Crippen LogP contribution in [0.5, 0.6) is 0 Å². The largest absolute Gasteiger partial charge is 0.338 e. The van der Waals surface area contributed by atoms with E-state index in [9.17, 15) is 0 Å². The maximum Gasteiger partial charge on any atom is 0.211 e. The normalized spacial score (nSPS) is 11.7. The molecule has 0 amide bonds. The monoisotopic (exact) mass is 258 g/mol. The van der Waals surface area contributed by atoms with E-state index in [1.54, 1.807) is 11.8 Å². The Hall–Kier alpha value is -1.62. The van der Waals surface area contributed by atoms with Crippen molar-refractivity contribution in [3.05, 3.63) is 24.3 Å². The molecular weight excluding hydrogens is 244 g/mol. The molecule has 0 unspecified atom stereocenters. The van der Waals surface area contributed by atoms with Gasteiger partial charge < -0.3 is 4.98 Å². The number of H-pyrrole nitrogens is 1. The van der Waals surface area contributed by atoms with Crippen molar-refractivity contribution in [3.8, 4) is 0 Å². The summed E-state index contributed by atoms with van der Waals surface area (Å²) in [6.07, 6.45) is 0. The molecule has 92 valence electrons. The molecule has 0 spiro atoms. The highest BCUT2D eigenvalue weighted by Gasteiger charge is 2.09. The van der Waals surface area contributed by atoms with E-state index in [-0.39, 0.29) is 0 Å². The number of hydrogen-bond donors (Lipinski definition) is 1. The number of nitrogens with zero attached hydrogens (tertiary/aromatic N) is 3. The Labute approximate surface area is 109 Å². The maximum atomic E-state index is 4.52. The summed E-state index contributed by atoms with van der Waals surface area (Å²) < 4.78 is 0.